The Morgan fingerprint density at radius 1 is 1.07 bits per heavy atom. The van der Waals surface area contributed by atoms with Crippen molar-refractivity contribution in [2.45, 2.75) is 70.2 Å². The number of hydrogen-bond acceptors (Lipinski definition) is 2. The van der Waals surface area contributed by atoms with Gasteiger partial charge in [-0.15, -0.1) is 5.54 Å². The van der Waals surface area contributed by atoms with Crippen LogP contribution < -0.4 is 4.72 Å². The zero-order valence-electron chi connectivity index (χ0n) is 16.9. The standard InChI is InChI=1S/C19H27ClF3NO2SSi/c1-13(2)28(14(3)4,15(5)6)11-10-16-8-7-9-18(20)17(16)12-24-27(25,26)19(21,22)23/h7-9,13-15,24H,12H2,1-6H3. The van der Waals surface area contributed by atoms with Crippen molar-refractivity contribution in [3.8, 4) is 11.5 Å². The summed E-state index contributed by atoms with van der Waals surface area (Å²) in [5.41, 5.74) is -0.0831. The van der Waals surface area contributed by atoms with Crippen molar-refractivity contribution in [2.75, 3.05) is 0 Å². The summed E-state index contributed by atoms with van der Waals surface area (Å²) >= 11 is 6.14. The van der Waals surface area contributed by atoms with E-state index in [2.05, 4.69) is 53.0 Å². The summed E-state index contributed by atoms with van der Waals surface area (Å²) in [5, 5.41) is 0.169. The molecule has 0 unspecified atom stereocenters. The van der Waals surface area contributed by atoms with Crippen LogP contribution in [-0.4, -0.2) is 22.0 Å². The second kappa shape index (κ2) is 9.20. The van der Waals surface area contributed by atoms with Crippen molar-refractivity contribution in [3.63, 3.8) is 0 Å². The highest BCUT2D eigenvalue weighted by Crippen LogP contribution is 2.40. The Bertz CT molecular complexity index is 834. The Labute approximate surface area is 172 Å². The largest absolute Gasteiger partial charge is 0.511 e. The van der Waals surface area contributed by atoms with Gasteiger partial charge in [-0.25, -0.2) is 13.1 Å². The summed E-state index contributed by atoms with van der Waals surface area (Å²) in [6.07, 6.45) is 0. The van der Waals surface area contributed by atoms with Crippen LogP contribution in [0.3, 0.4) is 0 Å². The van der Waals surface area contributed by atoms with Gasteiger partial charge in [-0.1, -0.05) is 65.1 Å². The van der Waals surface area contributed by atoms with Crippen molar-refractivity contribution in [1.82, 2.24) is 4.72 Å². The maximum atomic E-state index is 12.6. The van der Waals surface area contributed by atoms with E-state index in [4.69, 9.17) is 11.6 Å². The summed E-state index contributed by atoms with van der Waals surface area (Å²) in [5.74, 6) is 3.13. The predicted octanol–water partition coefficient (Wildman–Crippen LogP) is 5.85. The summed E-state index contributed by atoms with van der Waals surface area (Å²) in [6, 6.07) is 4.80. The molecular weight excluding hydrogens is 427 g/mol. The third kappa shape index (κ3) is 5.32. The first-order chi connectivity index (χ1) is 12.7. The third-order valence-corrected chi connectivity index (χ3v) is 12.9. The van der Waals surface area contributed by atoms with Gasteiger partial charge >= 0.3 is 15.5 Å². The second-order valence-electron chi connectivity index (χ2n) is 7.68. The molecule has 1 rings (SSSR count). The number of sulfonamides is 1. The molecule has 0 saturated heterocycles. The average molecular weight is 454 g/mol. The van der Waals surface area contributed by atoms with Crippen LogP contribution >= 0.6 is 11.6 Å². The van der Waals surface area contributed by atoms with Crippen molar-refractivity contribution < 1.29 is 21.6 Å². The SMILES string of the molecule is CC(C)[Si](C#Cc1cccc(Cl)c1CNS(=O)(=O)C(F)(F)F)(C(C)C)C(C)C. The Morgan fingerprint density at radius 3 is 2.00 bits per heavy atom. The van der Waals surface area contributed by atoms with Gasteiger partial charge in [0.2, 0.25) is 0 Å². The van der Waals surface area contributed by atoms with Gasteiger partial charge in [-0.05, 0) is 28.8 Å². The minimum atomic E-state index is -5.46. The van der Waals surface area contributed by atoms with Crippen LogP contribution in [-0.2, 0) is 16.6 Å². The second-order valence-corrected chi connectivity index (χ2v) is 15.4. The molecule has 0 aliphatic rings. The van der Waals surface area contributed by atoms with Crippen molar-refractivity contribution in [1.29, 1.82) is 0 Å². The lowest BCUT2D eigenvalue weighted by molar-refractivity contribution is -0.0448. The molecule has 28 heavy (non-hydrogen) atoms. The molecular formula is C19H27ClF3NO2SSi. The molecule has 0 saturated carbocycles. The summed E-state index contributed by atoms with van der Waals surface area (Å²) < 4.78 is 62.0. The van der Waals surface area contributed by atoms with Gasteiger partial charge in [-0.3, -0.25) is 0 Å². The molecule has 3 nitrogen and oxygen atoms in total. The normalized spacial score (nSPS) is 13.2. The molecule has 0 fully saturated rings. The van der Waals surface area contributed by atoms with Crippen molar-refractivity contribution >= 4 is 29.7 Å². The van der Waals surface area contributed by atoms with Gasteiger partial charge < -0.3 is 0 Å². The molecule has 0 bridgehead atoms. The molecule has 0 heterocycles. The van der Waals surface area contributed by atoms with Crippen LogP contribution in [0, 0.1) is 11.5 Å². The fourth-order valence-corrected chi connectivity index (χ4v) is 9.67. The number of rotatable bonds is 6. The van der Waals surface area contributed by atoms with E-state index < -0.39 is 30.2 Å². The Morgan fingerprint density at radius 2 is 1.57 bits per heavy atom. The maximum absolute atomic E-state index is 12.6. The number of alkyl halides is 3. The number of nitrogens with one attached hydrogen (secondary N) is 1. The van der Waals surface area contributed by atoms with E-state index in [1.165, 1.54) is 6.07 Å². The summed E-state index contributed by atoms with van der Waals surface area (Å²) in [7, 11) is -7.52. The molecule has 0 atom stereocenters. The van der Waals surface area contributed by atoms with Crippen LogP contribution in [0.5, 0.6) is 0 Å². The highest BCUT2D eigenvalue weighted by Gasteiger charge is 2.45. The lowest BCUT2D eigenvalue weighted by Crippen LogP contribution is -2.43. The van der Waals surface area contributed by atoms with Crippen LogP contribution in [0.15, 0.2) is 18.2 Å². The molecule has 1 aromatic rings. The molecule has 9 heteroatoms. The lowest BCUT2D eigenvalue weighted by Gasteiger charge is -2.38. The lowest BCUT2D eigenvalue weighted by atomic mass is 10.1. The molecule has 0 amide bonds. The Hall–Kier alpha value is -1.01. The smallest absolute Gasteiger partial charge is 0.203 e. The highest BCUT2D eigenvalue weighted by atomic mass is 35.5. The van der Waals surface area contributed by atoms with Crippen LogP contribution in [0.25, 0.3) is 0 Å². The van der Waals surface area contributed by atoms with E-state index in [-0.39, 0.29) is 10.6 Å². The van der Waals surface area contributed by atoms with Gasteiger partial charge in [0.25, 0.3) is 0 Å². The van der Waals surface area contributed by atoms with Crippen molar-refractivity contribution in [2.24, 2.45) is 0 Å². The van der Waals surface area contributed by atoms with E-state index in [0.29, 0.717) is 22.2 Å². The first-order valence-corrected chi connectivity index (χ1v) is 13.1. The monoisotopic (exact) mass is 453 g/mol. The van der Waals surface area contributed by atoms with Gasteiger partial charge in [-0.2, -0.15) is 13.2 Å². The first-order valence-electron chi connectivity index (χ1n) is 9.03. The minimum Gasteiger partial charge on any atom is -0.203 e. The van der Waals surface area contributed by atoms with Gasteiger partial charge in [0.15, 0.2) is 0 Å². The first kappa shape index (κ1) is 25.0. The molecule has 0 aromatic heterocycles. The van der Waals surface area contributed by atoms with Gasteiger partial charge in [0.05, 0.1) is 0 Å². The van der Waals surface area contributed by atoms with E-state index in [1.54, 1.807) is 16.9 Å². The zero-order valence-corrected chi connectivity index (χ0v) is 19.5. The molecule has 0 radical (unpaired) electrons. The number of hydrogen-bond donors (Lipinski definition) is 1. The van der Waals surface area contributed by atoms with Crippen LogP contribution in [0.4, 0.5) is 13.2 Å². The number of halogens is 4. The fraction of sp³-hybridized carbons (Fsp3) is 0.579. The molecule has 1 aromatic carbocycles. The molecule has 0 aliphatic heterocycles. The van der Waals surface area contributed by atoms with Crippen LogP contribution in [0.2, 0.25) is 21.6 Å². The highest BCUT2D eigenvalue weighted by molar-refractivity contribution is 7.90. The quantitative estimate of drug-likeness (QED) is 0.433. The summed E-state index contributed by atoms with van der Waals surface area (Å²) in [6.45, 7) is 12.3. The number of benzene rings is 1. The maximum Gasteiger partial charge on any atom is 0.511 e. The fourth-order valence-electron chi connectivity index (χ4n) is 3.71. The molecule has 0 spiro atoms. The van der Waals surface area contributed by atoms with Gasteiger partial charge in [0, 0.05) is 22.7 Å². The summed E-state index contributed by atoms with van der Waals surface area (Å²) in [4.78, 5) is 0. The third-order valence-electron chi connectivity index (χ3n) is 5.14. The van der Waals surface area contributed by atoms with Crippen LogP contribution in [0.1, 0.15) is 52.7 Å². The van der Waals surface area contributed by atoms with Crippen molar-refractivity contribution in [3.05, 3.63) is 34.3 Å². The van der Waals surface area contributed by atoms with E-state index in [1.807, 2.05) is 0 Å². The van der Waals surface area contributed by atoms with Gasteiger partial charge in [0.1, 0.15) is 8.07 Å². The Balaban J connectivity index is 3.40. The average Bonchev–Trinajstić information content (AvgIpc) is 2.52. The topological polar surface area (TPSA) is 46.2 Å². The molecule has 1 N–H and O–H groups in total. The Kier molecular flexibility index (Phi) is 8.23. The van der Waals surface area contributed by atoms with E-state index >= 15 is 0 Å². The minimum absolute atomic E-state index is 0.169. The molecule has 158 valence electrons. The predicted molar refractivity (Wildman–Crippen MR) is 111 cm³/mol. The van der Waals surface area contributed by atoms with E-state index in [0.717, 1.165) is 0 Å². The van der Waals surface area contributed by atoms with E-state index in [9.17, 15) is 21.6 Å². The molecule has 0 aliphatic carbocycles. The zero-order chi connectivity index (χ0) is 21.9.